The van der Waals surface area contributed by atoms with Gasteiger partial charge in [-0.3, -0.25) is 4.57 Å². The Hall–Kier alpha value is -2.39. The Morgan fingerprint density at radius 3 is 2.75 bits per heavy atom. The van der Waals surface area contributed by atoms with Crippen molar-refractivity contribution in [2.45, 2.75) is 0 Å². The summed E-state index contributed by atoms with van der Waals surface area (Å²) in [5.74, 6) is -0.142. The van der Waals surface area contributed by atoms with Gasteiger partial charge in [0.1, 0.15) is 5.82 Å². The number of nitrogens with zero attached hydrogens (tertiary/aromatic N) is 3. The first-order valence-corrected chi connectivity index (χ1v) is 6.53. The zero-order valence-electron chi connectivity index (χ0n) is 10.1. The molecule has 0 aliphatic carbocycles. The van der Waals surface area contributed by atoms with Gasteiger partial charge in [0.05, 0.1) is 32.8 Å². The molecule has 2 aromatic carbocycles. The molecule has 0 spiro atoms. The lowest BCUT2D eigenvalue weighted by Gasteiger charge is -2.07. The SMILES string of the molecule is N#Cc1ccc2nc(N)n(-c3ccc(Br)c(F)c3)c2c1. The van der Waals surface area contributed by atoms with E-state index in [0.29, 0.717) is 26.8 Å². The van der Waals surface area contributed by atoms with E-state index in [1.54, 1.807) is 34.9 Å². The number of nitriles is 1. The molecule has 20 heavy (non-hydrogen) atoms. The molecule has 1 heterocycles. The fourth-order valence-corrected chi connectivity index (χ4v) is 2.31. The molecule has 4 nitrogen and oxygen atoms in total. The van der Waals surface area contributed by atoms with Crippen molar-refractivity contribution in [3.8, 4) is 11.8 Å². The molecule has 0 atom stereocenters. The molecule has 0 saturated heterocycles. The van der Waals surface area contributed by atoms with Crippen molar-refractivity contribution < 1.29 is 4.39 Å². The highest BCUT2D eigenvalue weighted by Gasteiger charge is 2.12. The first-order chi connectivity index (χ1) is 9.60. The van der Waals surface area contributed by atoms with Gasteiger partial charge in [-0.25, -0.2) is 9.37 Å². The molecule has 2 N–H and O–H groups in total. The number of rotatable bonds is 1. The van der Waals surface area contributed by atoms with Gasteiger partial charge in [-0.1, -0.05) is 0 Å². The molecule has 0 aliphatic heterocycles. The van der Waals surface area contributed by atoms with Gasteiger partial charge in [0.15, 0.2) is 0 Å². The van der Waals surface area contributed by atoms with E-state index in [2.05, 4.69) is 27.0 Å². The molecular weight excluding hydrogens is 323 g/mol. The maximum atomic E-state index is 13.7. The second-order valence-corrected chi connectivity index (χ2v) is 5.07. The van der Waals surface area contributed by atoms with Crippen LogP contribution in [0.1, 0.15) is 5.56 Å². The van der Waals surface area contributed by atoms with E-state index in [1.807, 2.05) is 0 Å². The van der Waals surface area contributed by atoms with Crippen molar-refractivity contribution >= 4 is 32.9 Å². The number of nitrogen functional groups attached to an aromatic ring is 1. The maximum absolute atomic E-state index is 13.7. The third-order valence-electron chi connectivity index (χ3n) is 2.97. The van der Waals surface area contributed by atoms with Crippen molar-refractivity contribution in [2.75, 3.05) is 5.73 Å². The number of hydrogen-bond donors (Lipinski definition) is 1. The minimum absolute atomic E-state index is 0.247. The molecule has 0 amide bonds. The van der Waals surface area contributed by atoms with Crippen LogP contribution in [0.4, 0.5) is 10.3 Å². The number of imidazole rings is 1. The highest BCUT2D eigenvalue weighted by Crippen LogP contribution is 2.26. The van der Waals surface area contributed by atoms with Crippen molar-refractivity contribution in [1.29, 1.82) is 5.26 Å². The second-order valence-electron chi connectivity index (χ2n) is 4.22. The van der Waals surface area contributed by atoms with Crippen molar-refractivity contribution in [2.24, 2.45) is 0 Å². The van der Waals surface area contributed by atoms with Gasteiger partial charge in [0.25, 0.3) is 0 Å². The molecule has 0 unspecified atom stereocenters. The number of aromatic nitrogens is 2. The summed E-state index contributed by atoms with van der Waals surface area (Å²) in [5, 5.41) is 8.97. The first kappa shape index (κ1) is 12.6. The summed E-state index contributed by atoms with van der Waals surface area (Å²) >= 11 is 3.11. The van der Waals surface area contributed by atoms with Crippen LogP contribution in [-0.2, 0) is 0 Å². The molecule has 0 bridgehead atoms. The van der Waals surface area contributed by atoms with Crippen LogP contribution in [0, 0.1) is 17.1 Å². The van der Waals surface area contributed by atoms with Crippen molar-refractivity contribution in [3.05, 3.63) is 52.3 Å². The van der Waals surface area contributed by atoms with E-state index in [-0.39, 0.29) is 11.8 Å². The summed E-state index contributed by atoms with van der Waals surface area (Å²) in [5.41, 5.74) is 8.28. The summed E-state index contributed by atoms with van der Waals surface area (Å²) in [7, 11) is 0. The van der Waals surface area contributed by atoms with Gasteiger partial charge in [-0.05, 0) is 52.3 Å². The molecule has 98 valence electrons. The summed E-state index contributed by atoms with van der Waals surface area (Å²) in [6, 6.07) is 11.8. The van der Waals surface area contributed by atoms with Crippen molar-refractivity contribution in [1.82, 2.24) is 9.55 Å². The molecule has 0 radical (unpaired) electrons. The van der Waals surface area contributed by atoms with Crippen LogP contribution < -0.4 is 5.73 Å². The monoisotopic (exact) mass is 330 g/mol. The Labute approximate surface area is 122 Å². The van der Waals surface area contributed by atoms with Gasteiger partial charge in [-0.15, -0.1) is 0 Å². The van der Waals surface area contributed by atoms with Gasteiger partial charge < -0.3 is 5.73 Å². The number of fused-ring (bicyclic) bond motifs is 1. The third kappa shape index (κ3) is 1.92. The van der Waals surface area contributed by atoms with Crippen LogP contribution in [0.25, 0.3) is 16.7 Å². The first-order valence-electron chi connectivity index (χ1n) is 5.73. The fourth-order valence-electron chi connectivity index (χ4n) is 2.06. The predicted molar refractivity (Wildman–Crippen MR) is 77.9 cm³/mol. The van der Waals surface area contributed by atoms with E-state index in [4.69, 9.17) is 11.0 Å². The summed E-state index contributed by atoms with van der Waals surface area (Å²) in [6.07, 6.45) is 0. The zero-order chi connectivity index (χ0) is 14.3. The van der Waals surface area contributed by atoms with Crippen LogP contribution in [0.15, 0.2) is 40.9 Å². The van der Waals surface area contributed by atoms with Gasteiger partial charge in [0, 0.05) is 0 Å². The molecule has 3 rings (SSSR count). The Kier molecular flexibility index (Phi) is 2.92. The lowest BCUT2D eigenvalue weighted by molar-refractivity contribution is 0.620. The molecule has 1 aromatic heterocycles. The maximum Gasteiger partial charge on any atom is 0.205 e. The van der Waals surface area contributed by atoms with Gasteiger partial charge >= 0.3 is 0 Å². The minimum Gasteiger partial charge on any atom is -0.369 e. The van der Waals surface area contributed by atoms with E-state index in [1.165, 1.54) is 6.07 Å². The Bertz CT molecular complexity index is 863. The van der Waals surface area contributed by atoms with Crippen LogP contribution in [-0.4, -0.2) is 9.55 Å². The Morgan fingerprint density at radius 2 is 2.05 bits per heavy atom. The predicted octanol–water partition coefficient (Wildman–Crippen LogP) is 3.38. The average Bonchev–Trinajstić information content (AvgIpc) is 2.77. The van der Waals surface area contributed by atoms with Crippen LogP contribution in [0.3, 0.4) is 0 Å². The summed E-state index contributed by atoms with van der Waals surface area (Å²) in [6.45, 7) is 0. The van der Waals surface area contributed by atoms with E-state index >= 15 is 0 Å². The quantitative estimate of drug-likeness (QED) is 0.743. The normalized spacial score (nSPS) is 10.7. The standard InChI is InChI=1S/C14H8BrFN4/c15-10-3-2-9(6-11(10)16)20-13-5-8(7-17)1-4-12(13)19-14(20)18/h1-6H,(H2,18,19). The Morgan fingerprint density at radius 1 is 1.25 bits per heavy atom. The molecule has 0 fully saturated rings. The van der Waals surface area contributed by atoms with Gasteiger partial charge in [-0.2, -0.15) is 5.26 Å². The van der Waals surface area contributed by atoms with Crippen LogP contribution >= 0.6 is 15.9 Å². The molecule has 0 aliphatic rings. The lowest BCUT2D eigenvalue weighted by Crippen LogP contribution is -2.01. The lowest BCUT2D eigenvalue weighted by atomic mass is 10.2. The van der Waals surface area contributed by atoms with Crippen molar-refractivity contribution in [3.63, 3.8) is 0 Å². The number of hydrogen-bond acceptors (Lipinski definition) is 3. The largest absolute Gasteiger partial charge is 0.369 e. The molecule has 6 heteroatoms. The van der Waals surface area contributed by atoms with Crippen LogP contribution in [0.2, 0.25) is 0 Å². The number of benzene rings is 2. The smallest absolute Gasteiger partial charge is 0.205 e. The van der Waals surface area contributed by atoms with E-state index in [0.717, 1.165) is 0 Å². The Balaban J connectivity index is 2.32. The summed E-state index contributed by atoms with van der Waals surface area (Å²) in [4.78, 5) is 4.21. The molecular formula is C14H8BrFN4. The summed E-state index contributed by atoms with van der Waals surface area (Å²) < 4.78 is 15.7. The molecule has 3 aromatic rings. The second kappa shape index (κ2) is 4.62. The topological polar surface area (TPSA) is 67.6 Å². The highest BCUT2D eigenvalue weighted by atomic mass is 79.9. The fraction of sp³-hybridized carbons (Fsp3) is 0. The zero-order valence-corrected chi connectivity index (χ0v) is 11.7. The average molecular weight is 331 g/mol. The minimum atomic E-state index is -0.389. The van der Waals surface area contributed by atoms with Crippen LogP contribution in [0.5, 0.6) is 0 Å². The third-order valence-corrected chi connectivity index (χ3v) is 3.61. The number of nitrogens with two attached hydrogens (primary N) is 1. The number of halogens is 2. The van der Waals surface area contributed by atoms with Gasteiger partial charge in [0.2, 0.25) is 5.95 Å². The molecule has 0 saturated carbocycles. The number of anilines is 1. The highest BCUT2D eigenvalue weighted by molar-refractivity contribution is 9.10. The van der Waals surface area contributed by atoms with E-state index in [9.17, 15) is 4.39 Å². The van der Waals surface area contributed by atoms with E-state index < -0.39 is 0 Å².